The summed E-state index contributed by atoms with van der Waals surface area (Å²) in [7, 11) is 0. The van der Waals surface area contributed by atoms with E-state index in [0.717, 1.165) is 45.4 Å². The number of likely N-dealkylation sites (tertiary alicyclic amines) is 2. The first-order valence-electron chi connectivity index (χ1n) is 11.2. The fourth-order valence-electron chi connectivity index (χ4n) is 4.45. The van der Waals surface area contributed by atoms with Crippen LogP contribution in [0.3, 0.4) is 0 Å². The molecule has 1 saturated carbocycles. The molecule has 0 bridgehead atoms. The Morgan fingerprint density at radius 1 is 1.00 bits per heavy atom. The molecule has 0 spiro atoms. The lowest BCUT2D eigenvalue weighted by Crippen LogP contribution is -2.47. The van der Waals surface area contributed by atoms with Crippen molar-refractivity contribution in [3.05, 3.63) is 30.3 Å². The summed E-state index contributed by atoms with van der Waals surface area (Å²) in [4.78, 5) is 32.0. The van der Waals surface area contributed by atoms with E-state index in [9.17, 15) is 9.59 Å². The van der Waals surface area contributed by atoms with Crippen molar-refractivity contribution < 1.29 is 14.3 Å². The van der Waals surface area contributed by atoms with Gasteiger partial charge >= 0.3 is 0 Å². The lowest BCUT2D eigenvalue weighted by molar-refractivity contribution is -0.137. The van der Waals surface area contributed by atoms with Crippen molar-refractivity contribution in [2.24, 2.45) is 5.92 Å². The quantitative estimate of drug-likeness (QED) is 0.674. The number of hydrogen-bond donors (Lipinski definition) is 0. The van der Waals surface area contributed by atoms with Crippen LogP contribution in [0.5, 0.6) is 5.75 Å². The molecule has 3 aliphatic rings. The molecular formula is C23H33N3O3. The summed E-state index contributed by atoms with van der Waals surface area (Å²) in [6.07, 6.45) is 6.79. The lowest BCUT2D eigenvalue weighted by Gasteiger charge is -2.33. The third-order valence-corrected chi connectivity index (χ3v) is 6.38. The van der Waals surface area contributed by atoms with Crippen LogP contribution in [0.4, 0.5) is 0 Å². The molecule has 1 aromatic carbocycles. The molecule has 2 heterocycles. The summed E-state index contributed by atoms with van der Waals surface area (Å²) in [5.41, 5.74) is 0. The van der Waals surface area contributed by atoms with Crippen molar-refractivity contribution in [2.45, 2.75) is 44.6 Å². The van der Waals surface area contributed by atoms with E-state index in [1.54, 1.807) is 0 Å². The van der Waals surface area contributed by atoms with Crippen LogP contribution in [0.2, 0.25) is 0 Å². The van der Waals surface area contributed by atoms with Crippen LogP contribution in [0.1, 0.15) is 38.5 Å². The molecule has 0 aromatic heterocycles. The van der Waals surface area contributed by atoms with Gasteiger partial charge in [0, 0.05) is 32.1 Å². The molecule has 0 N–H and O–H groups in total. The third kappa shape index (κ3) is 5.50. The monoisotopic (exact) mass is 399 g/mol. The van der Waals surface area contributed by atoms with Crippen LogP contribution < -0.4 is 4.74 Å². The maximum atomic E-state index is 12.9. The van der Waals surface area contributed by atoms with Crippen molar-refractivity contribution >= 4 is 11.8 Å². The molecule has 1 aromatic rings. The second-order valence-electron chi connectivity index (χ2n) is 8.59. The summed E-state index contributed by atoms with van der Waals surface area (Å²) in [5, 5.41) is 0. The number of amides is 2. The summed E-state index contributed by atoms with van der Waals surface area (Å²) in [5.74, 6) is 1.25. The number of carbonyl (C=O) groups is 2. The fraction of sp³-hybridized carbons (Fsp3) is 0.652. The van der Waals surface area contributed by atoms with Gasteiger partial charge in [0.05, 0.1) is 6.04 Å². The van der Waals surface area contributed by atoms with Gasteiger partial charge in [0.2, 0.25) is 5.91 Å². The van der Waals surface area contributed by atoms with Gasteiger partial charge in [-0.1, -0.05) is 24.6 Å². The Hall–Kier alpha value is -2.08. The second-order valence-corrected chi connectivity index (χ2v) is 8.59. The average molecular weight is 400 g/mol. The summed E-state index contributed by atoms with van der Waals surface area (Å²) in [6, 6.07) is 9.58. The van der Waals surface area contributed by atoms with Crippen LogP contribution in [-0.4, -0.2) is 78.4 Å². The molecule has 3 fully saturated rings. The van der Waals surface area contributed by atoms with Crippen molar-refractivity contribution in [2.75, 3.05) is 45.9 Å². The maximum Gasteiger partial charge on any atom is 0.260 e. The summed E-state index contributed by atoms with van der Waals surface area (Å²) < 4.78 is 5.62. The molecule has 1 atom stereocenters. The topological polar surface area (TPSA) is 53.1 Å². The molecule has 6 nitrogen and oxygen atoms in total. The zero-order valence-electron chi connectivity index (χ0n) is 17.3. The minimum atomic E-state index is 0.00574. The standard InChI is InChI=1S/C23H33N3O3/c27-22(18-29-21-7-3-1-4-8-21)25-14-11-20(17-25)26(23(28)19-9-10-19)16-15-24-12-5-2-6-13-24/h1,3-4,7-8,19-20H,2,5-6,9-18H2. The number of piperidine rings is 1. The first-order chi connectivity index (χ1) is 14.2. The van der Waals surface area contributed by atoms with Crippen molar-refractivity contribution in [1.82, 2.24) is 14.7 Å². The number of ether oxygens (including phenoxy) is 1. The SMILES string of the molecule is O=C(COc1ccccc1)N1CCC(N(CCN2CCCCC2)C(=O)C2CC2)C1. The molecule has 1 unspecified atom stereocenters. The van der Waals surface area contributed by atoms with Crippen LogP contribution in [-0.2, 0) is 9.59 Å². The Bertz CT molecular complexity index is 686. The molecule has 4 rings (SSSR count). The highest BCUT2D eigenvalue weighted by Gasteiger charge is 2.39. The van der Waals surface area contributed by atoms with Gasteiger partial charge in [0.1, 0.15) is 5.75 Å². The largest absolute Gasteiger partial charge is 0.484 e. The molecule has 0 radical (unpaired) electrons. The van der Waals surface area contributed by atoms with E-state index in [1.165, 1.54) is 19.3 Å². The smallest absolute Gasteiger partial charge is 0.260 e. The van der Waals surface area contributed by atoms with Gasteiger partial charge in [-0.2, -0.15) is 0 Å². The number of rotatable bonds is 8. The van der Waals surface area contributed by atoms with Crippen molar-refractivity contribution in [1.29, 1.82) is 0 Å². The van der Waals surface area contributed by atoms with E-state index in [0.29, 0.717) is 24.7 Å². The molecule has 1 aliphatic carbocycles. The van der Waals surface area contributed by atoms with Crippen molar-refractivity contribution in [3.63, 3.8) is 0 Å². The molecule has 29 heavy (non-hydrogen) atoms. The average Bonchev–Trinajstić information content (AvgIpc) is 3.51. The van der Waals surface area contributed by atoms with E-state index >= 15 is 0 Å². The third-order valence-electron chi connectivity index (χ3n) is 6.38. The number of para-hydroxylation sites is 1. The summed E-state index contributed by atoms with van der Waals surface area (Å²) in [6.45, 7) is 5.45. The normalized spacial score (nSPS) is 22.5. The predicted molar refractivity (Wildman–Crippen MR) is 112 cm³/mol. The fourth-order valence-corrected chi connectivity index (χ4v) is 4.45. The highest BCUT2D eigenvalue weighted by atomic mass is 16.5. The predicted octanol–water partition coefficient (Wildman–Crippen LogP) is 2.39. The highest BCUT2D eigenvalue weighted by molar-refractivity contribution is 5.82. The van der Waals surface area contributed by atoms with Gasteiger partial charge in [0.15, 0.2) is 6.61 Å². The van der Waals surface area contributed by atoms with Gasteiger partial charge in [-0.25, -0.2) is 0 Å². The number of carbonyl (C=O) groups excluding carboxylic acids is 2. The van der Waals surface area contributed by atoms with Crippen LogP contribution >= 0.6 is 0 Å². The van der Waals surface area contributed by atoms with E-state index in [1.807, 2.05) is 35.2 Å². The van der Waals surface area contributed by atoms with Gasteiger partial charge in [0.25, 0.3) is 5.91 Å². The number of hydrogen-bond acceptors (Lipinski definition) is 4. The van der Waals surface area contributed by atoms with Crippen LogP contribution in [0.15, 0.2) is 30.3 Å². The molecule has 2 saturated heterocycles. The Morgan fingerprint density at radius 2 is 1.76 bits per heavy atom. The minimum absolute atomic E-state index is 0.00574. The summed E-state index contributed by atoms with van der Waals surface area (Å²) >= 11 is 0. The molecular weight excluding hydrogens is 366 g/mol. The number of benzene rings is 1. The number of nitrogens with zero attached hydrogens (tertiary/aromatic N) is 3. The Kier molecular flexibility index (Phi) is 6.70. The Morgan fingerprint density at radius 3 is 2.48 bits per heavy atom. The van der Waals surface area contributed by atoms with Crippen LogP contribution in [0, 0.1) is 5.92 Å². The lowest BCUT2D eigenvalue weighted by atomic mass is 10.1. The zero-order chi connectivity index (χ0) is 20.1. The maximum absolute atomic E-state index is 12.9. The van der Waals surface area contributed by atoms with Gasteiger partial charge in [-0.15, -0.1) is 0 Å². The molecule has 2 amide bonds. The Balaban J connectivity index is 1.29. The zero-order valence-corrected chi connectivity index (χ0v) is 17.3. The highest BCUT2D eigenvalue weighted by Crippen LogP contribution is 2.32. The van der Waals surface area contributed by atoms with E-state index < -0.39 is 0 Å². The Labute approximate surface area is 173 Å². The molecule has 6 heteroatoms. The first-order valence-corrected chi connectivity index (χ1v) is 11.2. The van der Waals surface area contributed by atoms with Crippen molar-refractivity contribution in [3.8, 4) is 5.75 Å². The second kappa shape index (κ2) is 9.61. The van der Waals surface area contributed by atoms with E-state index in [4.69, 9.17) is 4.74 Å². The van der Waals surface area contributed by atoms with Gasteiger partial charge < -0.3 is 19.4 Å². The minimum Gasteiger partial charge on any atom is -0.484 e. The molecule has 158 valence electrons. The van der Waals surface area contributed by atoms with Gasteiger partial charge in [-0.3, -0.25) is 9.59 Å². The van der Waals surface area contributed by atoms with Gasteiger partial charge in [-0.05, 0) is 57.3 Å². The van der Waals surface area contributed by atoms with E-state index in [-0.39, 0.29) is 24.5 Å². The van der Waals surface area contributed by atoms with Crippen LogP contribution in [0.25, 0.3) is 0 Å². The first kappa shape index (κ1) is 20.2. The van der Waals surface area contributed by atoms with E-state index in [2.05, 4.69) is 9.80 Å². The molecule has 2 aliphatic heterocycles.